The van der Waals surface area contributed by atoms with Crippen LogP contribution in [0.4, 0.5) is 0 Å². The third kappa shape index (κ3) is 2.73. The predicted octanol–water partition coefficient (Wildman–Crippen LogP) is 4.80. The van der Waals surface area contributed by atoms with E-state index in [2.05, 4.69) is 36.6 Å². The minimum atomic E-state index is -0.0557. The molecule has 3 aromatic rings. The highest BCUT2D eigenvalue weighted by atomic mass is 32.1. The van der Waals surface area contributed by atoms with Gasteiger partial charge in [-0.25, -0.2) is 0 Å². The van der Waals surface area contributed by atoms with Crippen molar-refractivity contribution in [3.8, 4) is 5.75 Å². The summed E-state index contributed by atoms with van der Waals surface area (Å²) in [6.07, 6.45) is 1.02. The smallest absolute Gasteiger partial charge is 0.119 e. The number of thiophene rings is 2. The fourth-order valence-corrected chi connectivity index (χ4v) is 4.24. The highest BCUT2D eigenvalue weighted by Gasteiger charge is 2.13. The highest BCUT2D eigenvalue weighted by molar-refractivity contribution is 7.27. The molecule has 0 fully saturated rings. The zero-order valence-corrected chi connectivity index (χ0v) is 13.0. The molecule has 3 rings (SSSR count). The van der Waals surface area contributed by atoms with Gasteiger partial charge in [0.15, 0.2) is 0 Å². The van der Waals surface area contributed by atoms with Crippen LogP contribution in [0.5, 0.6) is 5.75 Å². The molecule has 0 amide bonds. The average Bonchev–Trinajstić information content (AvgIpc) is 3.06. The van der Waals surface area contributed by atoms with E-state index in [1.165, 1.54) is 14.3 Å². The van der Waals surface area contributed by atoms with Gasteiger partial charge in [0.25, 0.3) is 0 Å². The number of rotatable bonds is 5. The van der Waals surface area contributed by atoms with E-state index in [1.807, 2.05) is 12.1 Å². The molecule has 0 aliphatic carbocycles. The van der Waals surface area contributed by atoms with Gasteiger partial charge < -0.3 is 10.5 Å². The van der Waals surface area contributed by atoms with E-state index >= 15 is 0 Å². The summed E-state index contributed by atoms with van der Waals surface area (Å²) in [5.74, 6) is 0.912. The quantitative estimate of drug-likeness (QED) is 0.735. The van der Waals surface area contributed by atoms with Crippen molar-refractivity contribution in [1.29, 1.82) is 0 Å². The van der Waals surface area contributed by atoms with E-state index in [0.717, 1.165) is 24.3 Å². The monoisotopic (exact) mass is 303 g/mol. The number of ether oxygens (including phenoxy) is 1. The molecule has 0 spiro atoms. The molecule has 1 unspecified atom stereocenters. The maximum absolute atomic E-state index is 6.36. The minimum absolute atomic E-state index is 0.0557. The van der Waals surface area contributed by atoms with Gasteiger partial charge in [-0.2, -0.15) is 0 Å². The molecule has 104 valence electrons. The van der Waals surface area contributed by atoms with Crippen LogP contribution in [0.3, 0.4) is 0 Å². The van der Waals surface area contributed by atoms with Crippen molar-refractivity contribution in [2.24, 2.45) is 5.73 Å². The average molecular weight is 303 g/mol. The third-order valence-electron chi connectivity index (χ3n) is 3.18. The Morgan fingerprint density at radius 3 is 2.65 bits per heavy atom. The molecule has 0 radical (unpaired) electrons. The first-order valence-corrected chi connectivity index (χ1v) is 8.43. The summed E-state index contributed by atoms with van der Waals surface area (Å²) in [5, 5.41) is 2.12. The van der Waals surface area contributed by atoms with Crippen molar-refractivity contribution in [1.82, 2.24) is 0 Å². The van der Waals surface area contributed by atoms with E-state index < -0.39 is 0 Å². The second-order valence-electron chi connectivity index (χ2n) is 4.69. The summed E-state index contributed by atoms with van der Waals surface area (Å²) in [7, 11) is 0. The molecule has 2 nitrogen and oxygen atoms in total. The number of fused-ring (bicyclic) bond motifs is 1. The molecule has 0 saturated heterocycles. The summed E-state index contributed by atoms with van der Waals surface area (Å²) in [6.45, 7) is 2.86. The molecule has 1 atom stereocenters. The maximum atomic E-state index is 6.36. The van der Waals surface area contributed by atoms with Crippen LogP contribution in [-0.4, -0.2) is 6.61 Å². The van der Waals surface area contributed by atoms with Gasteiger partial charge in [-0.1, -0.05) is 19.1 Å². The van der Waals surface area contributed by atoms with Crippen LogP contribution in [0.1, 0.15) is 29.8 Å². The minimum Gasteiger partial charge on any atom is -0.494 e. The van der Waals surface area contributed by atoms with Crippen LogP contribution in [0, 0.1) is 0 Å². The van der Waals surface area contributed by atoms with Crippen LogP contribution < -0.4 is 10.5 Å². The van der Waals surface area contributed by atoms with Crippen LogP contribution >= 0.6 is 22.7 Å². The van der Waals surface area contributed by atoms with E-state index in [-0.39, 0.29) is 6.04 Å². The van der Waals surface area contributed by atoms with Crippen LogP contribution in [0.2, 0.25) is 0 Å². The van der Waals surface area contributed by atoms with Gasteiger partial charge in [0.1, 0.15) is 5.75 Å². The molecular formula is C16H17NOS2. The van der Waals surface area contributed by atoms with Crippen molar-refractivity contribution >= 4 is 32.1 Å². The van der Waals surface area contributed by atoms with Crippen molar-refractivity contribution in [3.05, 3.63) is 52.2 Å². The van der Waals surface area contributed by atoms with E-state index in [4.69, 9.17) is 10.5 Å². The zero-order chi connectivity index (χ0) is 13.9. The van der Waals surface area contributed by atoms with Crippen LogP contribution in [-0.2, 0) is 0 Å². The summed E-state index contributed by atoms with van der Waals surface area (Å²) in [4.78, 5) is 1.22. The summed E-state index contributed by atoms with van der Waals surface area (Å²) >= 11 is 3.55. The predicted molar refractivity (Wildman–Crippen MR) is 88.0 cm³/mol. The normalized spacial score (nSPS) is 12.7. The van der Waals surface area contributed by atoms with E-state index in [1.54, 1.807) is 22.7 Å². The molecule has 20 heavy (non-hydrogen) atoms. The molecular weight excluding hydrogens is 286 g/mol. The lowest BCUT2D eigenvalue weighted by Crippen LogP contribution is -2.09. The highest BCUT2D eigenvalue weighted by Crippen LogP contribution is 2.35. The Hall–Kier alpha value is -1.36. The lowest BCUT2D eigenvalue weighted by Gasteiger charge is -2.11. The van der Waals surface area contributed by atoms with Crippen molar-refractivity contribution in [2.45, 2.75) is 19.4 Å². The van der Waals surface area contributed by atoms with Crippen molar-refractivity contribution < 1.29 is 4.74 Å². The standard InChI is InChI=1S/C16H17NOS2/c1-2-8-18-12-5-3-11(4-6-12)16(17)15-10-14-13(20-15)7-9-19-14/h3-7,9-10,16H,2,8,17H2,1H3. The molecule has 1 aromatic carbocycles. The Labute approximate surface area is 126 Å². The van der Waals surface area contributed by atoms with Crippen molar-refractivity contribution in [2.75, 3.05) is 6.61 Å². The lowest BCUT2D eigenvalue weighted by atomic mass is 10.1. The third-order valence-corrected chi connectivity index (χ3v) is 5.35. The van der Waals surface area contributed by atoms with E-state index in [9.17, 15) is 0 Å². The number of hydrogen-bond donors (Lipinski definition) is 1. The number of nitrogens with two attached hydrogens (primary N) is 1. The lowest BCUT2D eigenvalue weighted by molar-refractivity contribution is 0.317. The molecule has 0 saturated carbocycles. The van der Waals surface area contributed by atoms with Gasteiger partial charge in [-0.15, -0.1) is 22.7 Å². The number of benzene rings is 1. The maximum Gasteiger partial charge on any atom is 0.119 e. The molecule has 0 aliphatic heterocycles. The van der Waals surface area contributed by atoms with Crippen molar-refractivity contribution in [3.63, 3.8) is 0 Å². The molecule has 0 aliphatic rings. The Kier molecular flexibility index (Phi) is 4.05. The van der Waals surface area contributed by atoms with Gasteiger partial charge >= 0.3 is 0 Å². The fourth-order valence-electron chi connectivity index (χ4n) is 2.09. The van der Waals surface area contributed by atoms with Gasteiger partial charge in [0.05, 0.1) is 12.6 Å². The Morgan fingerprint density at radius 2 is 1.95 bits per heavy atom. The first-order chi connectivity index (χ1) is 9.78. The topological polar surface area (TPSA) is 35.2 Å². The van der Waals surface area contributed by atoms with Crippen LogP contribution in [0.25, 0.3) is 9.40 Å². The summed E-state index contributed by atoms with van der Waals surface area (Å²) < 4.78 is 8.24. The molecule has 2 heterocycles. The second kappa shape index (κ2) is 5.95. The zero-order valence-electron chi connectivity index (χ0n) is 11.3. The Morgan fingerprint density at radius 1 is 1.15 bits per heavy atom. The van der Waals surface area contributed by atoms with Gasteiger partial charge in [-0.3, -0.25) is 0 Å². The molecule has 0 bridgehead atoms. The van der Waals surface area contributed by atoms with E-state index in [0.29, 0.717) is 0 Å². The second-order valence-corrected chi connectivity index (χ2v) is 6.76. The largest absolute Gasteiger partial charge is 0.494 e. The molecule has 2 aromatic heterocycles. The molecule has 2 N–H and O–H groups in total. The summed E-state index contributed by atoms with van der Waals surface area (Å²) in [6, 6.07) is 12.4. The first-order valence-electron chi connectivity index (χ1n) is 6.73. The SMILES string of the molecule is CCCOc1ccc(C(N)c2cc3sccc3s2)cc1. The number of hydrogen-bond acceptors (Lipinski definition) is 4. The van der Waals surface area contributed by atoms with Gasteiger partial charge in [0, 0.05) is 14.3 Å². The Bertz CT molecular complexity index is 655. The summed E-state index contributed by atoms with van der Waals surface area (Å²) in [5.41, 5.74) is 7.49. The molecule has 4 heteroatoms. The fraction of sp³-hybridized carbons (Fsp3) is 0.250. The Balaban J connectivity index is 1.79. The van der Waals surface area contributed by atoms with Crippen LogP contribution in [0.15, 0.2) is 41.8 Å². The first kappa shape index (κ1) is 13.6. The van der Waals surface area contributed by atoms with Gasteiger partial charge in [-0.05, 0) is 41.6 Å². The van der Waals surface area contributed by atoms with Gasteiger partial charge in [0.2, 0.25) is 0 Å².